The Kier molecular flexibility index (Phi) is 11.1. The predicted octanol–water partition coefficient (Wildman–Crippen LogP) is 7.30. The third-order valence-electron chi connectivity index (χ3n) is 9.26. The van der Waals surface area contributed by atoms with E-state index in [1.807, 2.05) is 0 Å². The standard InChI is InChI=1S/C37H35Cl2F2N3O7/c1-48-31-10-9-24(16-33(31)49-2)32(17-26-27(38)19-43(47)20-28(26)39)50-36(45)25-6-3-5-22(15-25)18-44(35-29(40)7-4-8-30(35)41)37(46)51-34-21-42-13-11-23(34)12-14-42/h3-10,15-16,19-20,23,32,34H,11-14,17-18,21H2,1-2H3/t32-,34-/m0/s1. The zero-order chi connectivity index (χ0) is 36.2. The number of benzene rings is 3. The molecule has 3 saturated heterocycles. The van der Waals surface area contributed by atoms with Gasteiger partial charge in [-0.05, 0) is 79.4 Å². The van der Waals surface area contributed by atoms with E-state index >= 15 is 8.78 Å². The monoisotopic (exact) mass is 741 g/mol. The summed E-state index contributed by atoms with van der Waals surface area (Å²) in [6, 6.07) is 14.5. The van der Waals surface area contributed by atoms with Gasteiger partial charge in [0.1, 0.15) is 39.6 Å². The van der Waals surface area contributed by atoms with Gasteiger partial charge in [0.15, 0.2) is 23.9 Å². The van der Waals surface area contributed by atoms with Crippen molar-refractivity contribution >= 4 is 41.0 Å². The number of esters is 1. The molecule has 10 nitrogen and oxygen atoms in total. The number of aromatic nitrogens is 1. The molecule has 4 heterocycles. The summed E-state index contributed by atoms with van der Waals surface area (Å²) in [5.41, 5.74) is 0.812. The van der Waals surface area contributed by atoms with E-state index in [-0.39, 0.29) is 34.5 Å². The van der Waals surface area contributed by atoms with Gasteiger partial charge in [-0.2, -0.15) is 4.73 Å². The number of amides is 1. The molecule has 3 aromatic carbocycles. The zero-order valence-electron chi connectivity index (χ0n) is 27.8. The Morgan fingerprint density at radius 3 is 2.25 bits per heavy atom. The van der Waals surface area contributed by atoms with E-state index in [0.717, 1.165) is 55.4 Å². The lowest BCUT2D eigenvalue weighted by Crippen LogP contribution is -2.53. The molecule has 0 saturated carbocycles. The van der Waals surface area contributed by atoms with Crippen molar-refractivity contribution in [1.82, 2.24) is 4.90 Å². The molecular weight excluding hydrogens is 707 g/mol. The average Bonchev–Trinajstić information content (AvgIpc) is 3.12. The largest absolute Gasteiger partial charge is 0.619 e. The summed E-state index contributed by atoms with van der Waals surface area (Å²) in [6.45, 7) is 2.10. The van der Waals surface area contributed by atoms with Crippen LogP contribution < -0.4 is 19.1 Å². The van der Waals surface area contributed by atoms with E-state index < -0.39 is 41.6 Å². The number of piperidine rings is 3. The maximum Gasteiger partial charge on any atom is 0.415 e. The lowest BCUT2D eigenvalue weighted by molar-refractivity contribution is -0.605. The van der Waals surface area contributed by atoms with Crippen molar-refractivity contribution < 1.29 is 42.0 Å². The molecular formula is C37H35Cl2F2N3O7. The average molecular weight is 743 g/mol. The summed E-state index contributed by atoms with van der Waals surface area (Å²) in [4.78, 5) is 30.6. The molecule has 0 N–H and O–H groups in total. The zero-order valence-corrected chi connectivity index (χ0v) is 29.3. The third kappa shape index (κ3) is 8.14. The molecule has 2 atom stereocenters. The highest BCUT2D eigenvalue weighted by Crippen LogP contribution is 2.36. The molecule has 3 fully saturated rings. The fourth-order valence-electron chi connectivity index (χ4n) is 6.59. The molecule has 3 aliphatic rings. The number of halogens is 4. The second-order valence-corrected chi connectivity index (χ2v) is 13.2. The highest BCUT2D eigenvalue weighted by Gasteiger charge is 2.38. The number of hydrogen-bond donors (Lipinski definition) is 0. The first-order valence-corrected chi connectivity index (χ1v) is 17.0. The predicted molar refractivity (Wildman–Crippen MR) is 185 cm³/mol. The number of pyridine rings is 1. The molecule has 4 aromatic rings. The Morgan fingerprint density at radius 1 is 0.961 bits per heavy atom. The number of para-hydroxylation sites is 1. The minimum atomic E-state index is -0.973. The van der Waals surface area contributed by atoms with Crippen LogP contribution in [0.4, 0.5) is 19.3 Å². The van der Waals surface area contributed by atoms with E-state index in [1.165, 1.54) is 32.4 Å². The molecule has 1 aromatic heterocycles. The molecule has 14 heteroatoms. The molecule has 3 aliphatic heterocycles. The first-order chi connectivity index (χ1) is 24.5. The van der Waals surface area contributed by atoms with Gasteiger partial charge >= 0.3 is 12.1 Å². The lowest BCUT2D eigenvalue weighted by Gasteiger charge is -2.44. The summed E-state index contributed by atoms with van der Waals surface area (Å²) in [6.07, 6.45) is 1.76. The summed E-state index contributed by atoms with van der Waals surface area (Å²) in [5.74, 6) is -1.62. The van der Waals surface area contributed by atoms with Gasteiger partial charge in [-0.3, -0.25) is 9.80 Å². The van der Waals surface area contributed by atoms with Crippen LogP contribution in [-0.4, -0.2) is 56.9 Å². The smallest absolute Gasteiger partial charge is 0.415 e. The van der Waals surface area contributed by atoms with Gasteiger partial charge < -0.3 is 24.2 Å². The number of nitrogens with zero attached hydrogens (tertiary/aromatic N) is 3. The number of fused-ring (bicyclic) bond motifs is 3. The van der Waals surface area contributed by atoms with Crippen LogP contribution in [0.15, 0.2) is 73.1 Å². The first kappa shape index (κ1) is 36.2. The minimum absolute atomic E-state index is 0.00874. The normalized spacial score (nSPS) is 18.5. The second kappa shape index (κ2) is 15.7. The van der Waals surface area contributed by atoms with E-state index in [2.05, 4.69) is 4.90 Å². The molecule has 268 valence electrons. The molecule has 2 bridgehead atoms. The van der Waals surface area contributed by atoms with Gasteiger partial charge in [0.25, 0.3) is 0 Å². The molecule has 1 amide bonds. The van der Waals surface area contributed by atoms with E-state index in [9.17, 15) is 14.8 Å². The van der Waals surface area contributed by atoms with Crippen LogP contribution in [0, 0.1) is 22.8 Å². The Labute approximate surface area is 303 Å². The van der Waals surface area contributed by atoms with Gasteiger partial charge in [0, 0.05) is 18.5 Å². The number of carbonyl (C=O) groups excluding carboxylic acids is 2. The summed E-state index contributed by atoms with van der Waals surface area (Å²) in [7, 11) is 2.96. The van der Waals surface area contributed by atoms with E-state index in [1.54, 1.807) is 30.3 Å². The number of ether oxygens (including phenoxy) is 4. The molecule has 0 radical (unpaired) electrons. The number of carbonyl (C=O) groups is 2. The topological polar surface area (TPSA) is 104 Å². The van der Waals surface area contributed by atoms with Crippen LogP contribution in [0.5, 0.6) is 11.5 Å². The third-order valence-corrected chi connectivity index (χ3v) is 9.91. The quantitative estimate of drug-likeness (QED) is 0.0897. The van der Waals surface area contributed by atoms with Crippen LogP contribution in [0.1, 0.15) is 46.0 Å². The van der Waals surface area contributed by atoms with Crippen molar-refractivity contribution in [2.24, 2.45) is 5.92 Å². The second-order valence-electron chi connectivity index (χ2n) is 12.4. The highest BCUT2D eigenvalue weighted by molar-refractivity contribution is 6.35. The maximum absolute atomic E-state index is 15.1. The van der Waals surface area contributed by atoms with Gasteiger partial charge in [0.05, 0.1) is 26.3 Å². The molecule has 0 aliphatic carbocycles. The van der Waals surface area contributed by atoms with Crippen LogP contribution >= 0.6 is 23.2 Å². The molecule has 51 heavy (non-hydrogen) atoms. The summed E-state index contributed by atoms with van der Waals surface area (Å²) < 4.78 is 53.5. The highest BCUT2D eigenvalue weighted by atomic mass is 35.5. The maximum atomic E-state index is 15.1. The van der Waals surface area contributed by atoms with Gasteiger partial charge in [0.2, 0.25) is 0 Å². The van der Waals surface area contributed by atoms with Crippen LogP contribution in [0.3, 0.4) is 0 Å². The van der Waals surface area contributed by atoms with E-state index in [0.29, 0.717) is 39.5 Å². The first-order valence-electron chi connectivity index (χ1n) is 16.3. The number of rotatable bonds is 11. The van der Waals surface area contributed by atoms with Crippen molar-refractivity contribution in [3.63, 3.8) is 0 Å². The Bertz CT molecular complexity index is 1880. The van der Waals surface area contributed by atoms with Crippen molar-refractivity contribution in [1.29, 1.82) is 0 Å². The van der Waals surface area contributed by atoms with Crippen LogP contribution in [0.25, 0.3) is 0 Å². The fourth-order valence-corrected chi connectivity index (χ4v) is 7.19. The summed E-state index contributed by atoms with van der Waals surface area (Å²) in [5, 5.41) is 12.1. The van der Waals surface area contributed by atoms with Crippen molar-refractivity contribution in [3.05, 3.63) is 122 Å². The van der Waals surface area contributed by atoms with E-state index in [4.69, 9.17) is 42.1 Å². The van der Waals surface area contributed by atoms with Gasteiger partial charge in [-0.1, -0.05) is 47.5 Å². The van der Waals surface area contributed by atoms with Crippen LogP contribution in [-0.2, 0) is 22.4 Å². The Hall–Kier alpha value is -4.65. The number of anilines is 1. The molecule has 7 rings (SSSR count). The fraction of sp³-hybridized carbons (Fsp3) is 0.324. The van der Waals surface area contributed by atoms with Crippen molar-refractivity contribution in [2.45, 2.75) is 38.0 Å². The van der Waals surface area contributed by atoms with Gasteiger partial charge in [-0.25, -0.2) is 18.4 Å². The van der Waals surface area contributed by atoms with Crippen molar-refractivity contribution in [3.8, 4) is 11.5 Å². The van der Waals surface area contributed by atoms with Crippen LogP contribution in [0.2, 0.25) is 10.0 Å². The Balaban J connectivity index is 1.28. The molecule has 0 unspecified atom stereocenters. The lowest BCUT2D eigenvalue weighted by atomic mass is 9.86. The summed E-state index contributed by atoms with van der Waals surface area (Å²) >= 11 is 12.8. The molecule has 0 spiro atoms. The number of methoxy groups -OCH3 is 2. The van der Waals surface area contributed by atoms with Gasteiger partial charge in [-0.15, -0.1) is 0 Å². The van der Waals surface area contributed by atoms with Crippen molar-refractivity contribution in [2.75, 3.05) is 38.8 Å². The number of hydrogen-bond acceptors (Lipinski definition) is 8. The Morgan fingerprint density at radius 2 is 1.63 bits per heavy atom. The SMILES string of the molecule is COc1ccc([C@H](Cc2c(Cl)c[n+]([O-])cc2Cl)OC(=O)c2cccc(CN(C(=O)O[C@H]3CN4CCC3CC4)c3c(F)cccc3F)c2)cc1OC. The minimum Gasteiger partial charge on any atom is -0.619 e.